The normalized spacial score (nSPS) is 9.87. The minimum Gasteiger partial charge on any atom is -0.316 e. The van der Waals surface area contributed by atoms with Gasteiger partial charge in [0, 0.05) is 17.9 Å². The highest BCUT2D eigenvalue weighted by molar-refractivity contribution is 7.99. The zero-order valence-corrected chi connectivity index (χ0v) is 9.94. The van der Waals surface area contributed by atoms with E-state index in [2.05, 4.69) is 35.5 Å². The van der Waals surface area contributed by atoms with E-state index < -0.39 is 0 Å². The van der Waals surface area contributed by atoms with Crippen LogP contribution in [0.1, 0.15) is 18.4 Å². The standard InChI is InChI=1S/C13H17NS/c1-3-4-5-10-15-13-8-6-12(7-9-13)11-14-2/h1,6-9,14H,4-5,10-11H2,2H3. The fourth-order valence-corrected chi connectivity index (χ4v) is 2.12. The summed E-state index contributed by atoms with van der Waals surface area (Å²) in [5, 5.41) is 3.13. The molecule has 0 heterocycles. The highest BCUT2D eigenvalue weighted by Crippen LogP contribution is 2.19. The number of rotatable bonds is 6. The molecule has 0 aliphatic rings. The van der Waals surface area contributed by atoms with Gasteiger partial charge in [-0.15, -0.1) is 24.1 Å². The fourth-order valence-electron chi connectivity index (χ4n) is 1.27. The van der Waals surface area contributed by atoms with Crippen molar-refractivity contribution in [2.45, 2.75) is 24.3 Å². The third-order valence-corrected chi connectivity index (χ3v) is 3.14. The van der Waals surface area contributed by atoms with Gasteiger partial charge in [-0.25, -0.2) is 0 Å². The summed E-state index contributed by atoms with van der Waals surface area (Å²) < 4.78 is 0. The lowest BCUT2D eigenvalue weighted by atomic mass is 10.2. The van der Waals surface area contributed by atoms with Crippen molar-refractivity contribution in [1.82, 2.24) is 5.32 Å². The summed E-state index contributed by atoms with van der Waals surface area (Å²) >= 11 is 1.87. The third-order valence-electron chi connectivity index (χ3n) is 2.04. The maximum absolute atomic E-state index is 5.19. The number of hydrogen-bond acceptors (Lipinski definition) is 2. The zero-order chi connectivity index (χ0) is 10.9. The number of benzene rings is 1. The van der Waals surface area contributed by atoms with E-state index in [0.29, 0.717) is 0 Å². The van der Waals surface area contributed by atoms with Crippen molar-refractivity contribution in [3.63, 3.8) is 0 Å². The van der Waals surface area contributed by atoms with Crippen molar-refractivity contribution in [1.29, 1.82) is 0 Å². The van der Waals surface area contributed by atoms with Crippen LogP contribution in [-0.2, 0) is 6.54 Å². The summed E-state index contributed by atoms with van der Waals surface area (Å²) in [6.45, 7) is 0.933. The van der Waals surface area contributed by atoms with Crippen LogP contribution in [0.4, 0.5) is 0 Å². The van der Waals surface area contributed by atoms with Crippen molar-refractivity contribution in [2.24, 2.45) is 0 Å². The molecule has 0 aromatic heterocycles. The second kappa shape index (κ2) is 7.39. The molecule has 2 heteroatoms. The van der Waals surface area contributed by atoms with Crippen LogP contribution in [-0.4, -0.2) is 12.8 Å². The van der Waals surface area contributed by atoms with E-state index in [1.165, 1.54) is 10.5 Å². The number of terminal acetylenes is 1. The molecule has 0 spiro atoms. The Bertz CT molecular complexity index is 310. The van der Waals surface area contributed by atoms with E-state index in [1.54, 1.807) is 0 Å². The summed E-state index contributed by atoms with van der Waals surface area (Å²) in [5.74, 6) is 3.76. The van der Waals surface area contributed by atoms with Crippen LogP contribution < -0.4 is 5.32 Å². The van der Waals surface area contributed by atoms with Crippen LogP contribution in [0.25, 0.3) is 0 Å². The molecular weight excluding hydrogens is 202 g/mol. The molecule has 15 heavy (non-hydrogen) atoms. The van der Waals surface area contributed by atoms with E-state index >= 15 is 0 Å². The van der Waals surface area contributed by atoms with Crippen molar-refractivity contribution < 1.29 is 0 Å². The molecule has 0 amide bonds. The summed E-state index contributed by atoms with van der Waals surface area (Å²) in [6.07, 6.45) is 7.17. The quantitative estimate of drug-likeness (QED) is 0.448. The first-order valence-electron chi connectivity index (χ1n) is 5.16. The first kappa shape index (κ1) is 12.2. The molecule has 1 aromatic rings. The van der Waals surface area contributed by atoms with Gasteiger partial charge in [-0.05, 0) is 36.9 Å². The number of hydrogen-bond donors (Lipinski definition) is 1. The van der Waals surface area contributed by atoms with Crippen molar-refractivity contribution in [3.05, 3.63) is 29.8 Å². The van der Waals surface area contributed by atoms with Crippen LogP contribution >= 0.6 is 11.8 Å². The van der Waals surface area contributed by atoms with Gasteiger partial charge in [-0.1, -0.05) is 12.1 Å². The molecule has 0 unspecified atom stereocenters. The Labute approximate surface area is 96.7 Å². The average Bonchev–Trinajstić information content (AvgIpc) is 2.27. The molecule has 0 fully saturated rings. The first-order chi connectivity index (χ1) is 7.36. The van der Waals surface area contributed by atoms with Gasteiger partial charge in [0.05, 0.1) is 0 Å². The number of thioether (sulfide) groups is 1. The summed E-state index contributed by atoms with van der Waals surface area (Å²) in [7, 11) is 1.96. The lowest BCUT2D eigenvalue weighted by Gasteiger charge is -2.03. The maximum atomic E-state index is 5.19. The predicted octanol–water partition coefficient (Wildman–Crippen LogP) is 2.91. The van der Waals surface area contributed by atoms with E-state index in [1.807, 2.05) is 18.8 Å². The predicted molar refractivity (Wildman–Crippen MR) is 68.0 cm³/mol. The fraction of sp³-hybridized carbons (Fsp3) is 0.385. The molecule has 1 N–H and O–H groups in total. The van der Waals surface area contributed by atoms with Crippen LogP contribution in [0.15, 0.2) is 29.2 Å². The number of nitrogens with one attached hydrogen (secondary N) is 1. The van der Waals surface area contributed by atoms with Crippen LogP contribution in [0.2, 0.25) is 0 Å². The molecule has 0 aliphatic heterocycles. The molecule has 80 valence electrons. The van der Waals surface area contributed by atoms with Gasteiger partial charge in [0.25, 0.3) is 0 Å². The topological polar surface area (TPSA) is 12.0 Å². The second-order valence-corrected chi connectivity index (χ2v) is 4.50. The Balaban J connectivity index is 2.33. The Hall–Kier alpha value is -0.910. The van der Waals surface area contributed by atoms with Gasteiger partial charge < -0.3 is 5.32 Å². The maximum Gasteiger partial charge on any atom is 0.0202 e. The van der Waals surface area contributed by atoms with Crippen LogP contribution in [0, 0.1) is 12.3 Å². The average molecular weight is 219 g/mol. The van der Waals surface area contributed by atoms with E-state index in [4.69, 9.17) is 6.42 Å². The van der Waals surface area contributed by atoms with Crippen LogP contribution in [0.3, 0.4) is 0 Å². The van der Waals surface area contributed by atoms with E-state index in [0.717, 1.165) is 25.1 Å². The molecule has 0 atom stereocenters. The van der Waals surface area contributed by atoms with Gasteiger partial charge in [0.2, 0.25) is 0 Å². The van der Waals surface area contributed by atoms with Crippen LogP contribution in [0.5, 0.6) is 0 Å². The van der Waals surface area contributed by atoms with Gasteiger partial charge in [-0.3, -0.25) is 0 Å². The SMILES string of the molecule is C#CCCCSc1ccc(CNC)cc1. The second-order valence-electron chi connectivity index (χ2n) is 3.33. The molecule has 0 bridgehead atoms. The molecule has 0 saturated carbocycles. The highest BCUT2D eigenvalue weighted by atomic mass is 32.2. The van der Waals surface area contributed by atoms with Crippen molar-refractivity contribution in [3.8, 4) is 12.3 Å². The highest BCUT2D eigenvalue weighted by Gasteiger charge is 1.94. The lowest BCUT2D eigenvalue weighted by molar-refractivity contribution is 0.817. The molecular formula is C13H17NS. The first-order valence-corrected chi connectivity index (χ1v) is 6.15. The molecule has 1 nitrogen and oxygen atoms in total. The Morgan fingerprint density at radius 1 is 1.33 bits per heavy atom. The van der Waals surface area contributed by atoms with Crippen molar-refractivity contribution >= 4 is 11.8 Å². The van der Waals surface area contributed by atoms with Crippen molar-refractivity contribution in [2.75, 3.05) is 12.8 Å². The molecule has 1 aromatic carbocycles. The smallest absolute Gasteiger partial charge is 0.0202 e. The van der Waals surface area contributed by atoms with Gasteiger partial charge >= 0.3 is 0 Å². The Morgan fingerprint density at radius 3 is 2.67 bits per heavy atom. The number of unbranched alkanes of at least 4 members (excludes halogenated alkanes) is 1. The lowest BCUT2D eigenvalue weighted by Crippen LogP contribution is -2.04. The zero-order valence-electron chi connectivity index (χ0n) is 9.12. The van der Waals surface area contributed by atoms with Gasteiger partial charge in [0.15, 0.2) is 0 Å². The monoisotopic (exact) mass is 219 g/mol. The van der Waals surface area contributed by atoms with E-state index in [9.17, 15) is 0 Å². The Morgan fingerprint density at radius 2 is 2.07 bits per heavy atom. The van der Waals surface area contributed by atoms with E-state index in [-0.39, 0.29) is 0 Å². The summed E-state index contributed by atoms with van der Waals surface area (Å²) in [5.41, 5.74) is 1.32. The minimum absolute atomic E-state index is 0.880. The Kier molecular flexibility index (Phi) is 5.99. The summed E-state index contributed by atoms with van der Waals surface area (Å²) in [6, 6.07) is 8.68. The largest absolute Gasteiger partial charge is 0.316 e. The van der Waals surface area contributed by atoms with Gasteiger partial charge in [0.1, 0.15) is 0 Å². The minimum atomic E-state index is 0.880. The molecule has 0 radical (unpaired) electrons. The molecule has 0 aliphatic carbocycles. The van der Waals surface area contributed by atoms with Gasteiger partial charge in [-0.2, -0.15) is 0 Å². The third kappa shape index (κ3) is 4.92. The molecule has 0 saturated heterocycles. The molecule has 1 rings (SSSR count). The summed E-state index contributed by atoms with van der Waals surface area (Å²) in [4.78, 5) is 1.33.